The average molecular weight is 357 g/mol. The Bertz CT molecular complexity index is 672. The predicted octanol–water partition coefficient (Wildman–Crippen LogP) is 1.19. The second-order valence-electron chi connectivity index (χ2n) is 8.08. The van der Waals surface area contributed by atoms with E-state index in [9.17, 15) is 14.7 Å². The first-order chi connectivity index (χ1) is 12.6. The van der Waals surface area contributed by atoms with Gasteiger partial charge in [0.15, 0.2) is 0 Å². The van der Waals surface area contributed by atoms with E-state index in [1.165, 1.54) is 0 Å². The van der Waals surface area contributed by atoms with Crippen LogP contribution in [-0.4, -0.2) is 60.1 Å². The smallest absolute Gasteiger partial charge is 0.326 e. The van der Waals surface area contributed by atoms with Crippen molar-refractivity contribution in [2.45, 2.75) is 43.7 Å². The van der Waals surface area contributed by atoms with Crippen LogP contribution in [0.2, 0.25) is 0 Å². The van der Waals surface area contributed by atoms with E-state index in [-0.39, 0.29) is 23.3 Å². The van der Waals surface area contributed by atoms with Crippen molar-refractivity contribution < 1.29 is 14.7 Å². The number of carbonyl (C=O) groups excluding carboxylic acids is 1. The molecule has 1 aromatic carbocycles. The van der Waals surface area contributed by atoms with Crippen molar-refractivity contribution in [2.75, 3.05) is 26.2 Å². The van der Waals surface area contributed by atoms with Crippen molar-refractivity contribution in [1.29, 1.82) is 0 Å². The Kier molecular flexibility index (Phi) is 4.71. The molecule has 3 unspecified atom stereocenters. The van der Waals surface area contributed by atoms with Gasteiger partial charge >= 0.3 is 5.97 Å². The Morgan fingerprint density at radius 2 is 1.88 bits per heavy atom. The molecule has 1 spiro atoms. The van der Waals surface area contributed by atoms with E-state index in [1.807, 2.05) is 30.3 Å². The molecule has 4 rings (SSSR count). The number of aliphatic carboxylic acids is 1. The molecule has 1 amide bonds. The fraction of sp³-hybridized carbons (Fsp3) is 0.600. The molecule has 1 aromatic rings. The molecule has 0 bridgehead atoms. The van der Waals surface area contributed by atoms with Crippen molar-refractivity contribution in [3.8, 4) is 0 Å². The lowest BCUT2D eigenvalue weighted by Crippen LogP contribution is -2.48. The third-order valence-corrected chi connectivity index (χ3v) is 6.46. The first-order valence-electron chi connectivity index (χ1n) is 9.60. The number of carbonyl (C=O) groups is 2. The molecule has 3 saturated heterocycles. The monoisotopic (exact) mass is 357 g/mol. The van der Waals surface area contributed by atoms with Gasteiger partial charge in [-0.1, -0.05) is 30.3 Å². The highest BCUT2D eigenvalue weighted by Gasteiger charge is 2.47. The molecule has 140 valence electrons. The van der Waals surface area contributed by atoms with Crippen molar-refractivity contribution in [2.24, 2.45) is 5.41 Å². The summed E-state index contributed by atoms with van der Waals surface area (Å²) in [5, 5.41) is 16.4. The van der Waals surface area contributed by atoms with E-state index < -0.39 is 12.0 Å². The number of carboxylic acids is 1. The second-order valence-corrected chi connectivity index (χ2v) is 8.08. The van der Waals surface area contributed by atoms with Crippen LogP contribution in [0.1, 0.15) is 37.2 Å². The van der Waals surface area contributed by atoms with Crippen LogP contribution < -0.4 is 10.6 Å². The fourth-order valence-electron chi connectivity index (χ4n) is 4.91. The van der Waals surface area contributed by atoms with Gasteiger partial charge in [-0.3, -0.25) is 4.79 Å². The van der Waals surface area contributed by atoms with Crippen LogP contribution in [0, 0.1) is 5.41 Å². The molecule has 26 heavy (non-hydrogen) atoms. The zero-order chi connectivity index (χ0) is 18.1. The zero-order valence-corrected chi connectivity index (χ0v) is 15.0. The first-order valence-corrected chi connectivity index (χ1v) is 9.60. The van der Waals surface area contributed by atoms with Gasteiger partial charge in [-0.2, -0.15) is 0 Å². The predicted molar refractivity (Wildman–Crippen MR) is 97.9 cm³/mol. The van der Waals surface area contributed by atoms with Crippen LogP contribution in [0.15, 0.2) is 30.3 Å². The summed E-state index contributed by atoms with van der Waals surface area (Å²) in [7, 11) is 0. The normalized spacial score (nSPS) is 30.6. The molecular formula is C20H27N3O3. The minimum Gasteiger partial charge on any atom is -0.480 e. The Hall–Kier alpha value is -1.92. The number of nitrogens with one attached hydrogen (secondary N) is 2. The van der Waals surface area contributed by atoms with Crippen molar-refractivity contribution in [3.63, 3.8) is 0 Å². The van der Waals surface area contributed by atoms with Gasteiger partial charge in [-0.15, -0.1) is 0 Å². The maximum absolute atomic E-state index is 13.1. The number of likely N-dealkylation sites (tertiary alicyclic amines) is 1. The standard InChI is InChI=1S/C20H27N3O3/c24-18(16-11-20(13-22-16)6-8-21-9-7-20)23-12-15(10-17(23)19(25)26)14-4-2-1-3-5-14/h1-5,15-17,21-22H,6-13H2,(H,25,26). The largest absolute Gasteiger partial charge is 0.480 e. The fourth-order valence-corrected chi connectivity index (χ4v) is 4.91. The summed E-state index contributed by atoms with van der Waals surface area (Å²) in [6, 6.07) is 8.97. The van der Waals surface area contributed by atoms with Crippen LogP contribution in [-0.2, 0) is 9.59 Å². The highest BCUT2D eigenvalue weighted by Crippen LogP contribution is 2.39. The third-order valence-electron chi connectivity index (χ3n) is 6.46. The molecule has 0 radical (unpaired) electrons. The van der Waals surface area contributed by atoms with E-state index in [1.54, 1.807) is 4.90 Å². The van der Waals surface area contributed by atoms with Crippen LogP contribution in [0.3, 0.4) is 0 Å². The Balaban J connectivity index is 1.48. The number of amides is 1. The van der Waals surface area contributed by atoms with Gasteiger partial charge in [-0.05, 0) is 49.8 Å². The van der Waals surface area contributed by atoms with Crippen LogP contribution >= 0.6 is 0 Å². The van der Waals surface area contributed by atoms with Crippen molar-refractivity contribution >= 4 is 11.9 Å². The number of rotatable bonds is 3. The lowest BCUT2D eigenvalue weighted by atomic mass is 9.77. The van der Waals surface area contributed by atoms with Gasteiger partial charge in [0, 0.05) is 19.0 Å². The molecule has 3 N–H and O–H groups in total. The minimum atomic E-state index is -0.897. The zero-order valence-electron chi connectivity index (χ0n) is 15.0. The van der Waals surface area contributed by atoms with Crippen molar-refractivity contribution in [1.82, 2.24) is 15.5 Å². The van der Waals surface area contributed by atoms with Crippen LogP contribution in [0.25, 0.3) is 0 Å². The van der Waals surface area contributed by atoms with Gasteiger partial charge in [0.1, 0.15) is 6.04 Å². The molecule has 6 heteroatoms. The Labute approximate surface area is 153 Å². The Morgan fingerprint density at radius 1 is 1.15 bits per heavy atom. The number of hydrogen-bond donors (Lipinski definition) is 3. The van der Waals surface area contributed by atoms with E-state index in [0.29, 0.717) is 13.0 Å². The van der Waals surface area contributed by atoms with Gasteiger partial charge in [0.05, 0.1) is 6.04 Å². The molecule has 6 nitrogen and oxygen atoms in total. The summed E-state index contributed by atoms with van der Waals surface area (Å²) in [5.41, 5.74) is 1.31. The number of piperidine rings is 1. The van der Waals surface area contributed by atoms with Gasteiger partial charge < -0.3 is 20.6 Å². The number of nitrogens with zero attached hydrogens (tertiary/aromatic N) is 1. The lowest BCUT2D eigenvalue weighted by molar-refractivity contribution is -0.148. The summed E-state index contributed by atoms with van der Waals surface area (Å²) < 4.78 is 0. The molecule has 3 heterocycles. The topological polar surface area (TPSA) is 81.7 Å². The summed E-state index contributed by atoms with van der Waals surface area (Å²) in [4.78, 5) is 26.5. The van der Waals surface area contributed by atoms with E-state index in [0.717, 1.165) is 44.5 Å². The highest BCUT2D eigenvalue weighted by atomic mass is 16.4. The molecule has 3 aliphatic heterocycles. The van der Waals surface area contributed by atoms with E-state index in [2.05, 4.69) is 10.6 Å². The van der Waals surface area contributed by atoms with Gasteiger partial charge in [0.25, 0.3) is 0 Å². The molecule has 0 aromatic heterocycles. The van der Waals surface area contributed by atoms with Crippen molar-refractivity contribution in [3.05, 3.63) is 35.9 Å². The molecule has 3 aliphatic rings. The van der Waals surface area contributed by atoms with Gasteiger partial charge in [-0.25, -0.2) is 4.79 Å². The summed E-state index contributed by atoms with van der Waals surface area (Å²) in [6.45, 7) is 3.35. The molecule has 3 fully saturated rings. The third kappa shape index (κ3) is 3.23. The molecule has 0 aliphatic carbocycles. The maximum atomic E-state index is 13.1. The first kappa shape index (κ1) is 17.5. The SMILES string of the molecule is O=C(O)C1CC(c2ccccc2)CN1C(=O)C1CC2(CCNCC2)CN1. The average Bonchev–Trinajstić information content (AvgIpc) is 3.28. The molecule has 0 saturated carbocycles. The molecular weight excluding hydrogens is 330 g/mol. The van der Waals surface area contributed by atoms with Crippen LogP contribution in [0.5, 0.6) is 0 Å². The minimum absolute atomic E-state index is 0.0359. The second kappa shape index (κ2) is 7.00. The van der Waals surface area contributed by atoms with E-state index in [4.69, 9.17) is 0 Å². The lowest BCUT2D eigenvalue weighted by Gasteiger charge is -2.33. The summed E-state index contributed by atoms with van der Waals surface area (Å²) >= 11 is 0. The number of benzene rings is 1. The summed E-state index contributed by atoms with van der Waals surface area (Å²) in [6.07, 6.45) is 3.48. The van der Waals surface area contributed by atoms with Crippen LogP contribution in [0.4, 0.5) is 0 Å². The summed E-state index contributed by atoms with van der Waals surface area (Å²) in [5.74, 6) is -0.840. The quantitative estimate of drug-likeness (QED) is 0.757. The highest BCUT2D eigenvalue weighted by molar-refractivity contribution is 5.88. The number of hydrogen-bond acceptors (Lipinski definition) is 4. The van der Waals surface area contributed by atoms with E-state index >= 15 is 0 Å². The molecule has 3 atom stereocenters. The Morgan fingerprint density at radius 3 is 2.58 bits per heavy atom. The van der Waals surface area contributed by atoms with Gasteiger partial charge in [0.2, 0.25) is 5.91 Å². The maximum Gasteiger partial charge on any atom is 0.326 e. The number of carboxylic acid groups (broad SMARTS) is 1.